The molecule has 0 saturated carbocycles. The molecule has 0 atom stereocenters. The summed E-state index contributed by atoms with van der Waals surface area (Å²) in [6.45, 7) is 21.5. The van der Waals surface area contributed by atoms with Crippen molar-refractivity contribution in [2.24, 2.45) is 0 Å². The van der Waals surface area contributed by atoms with E-state index < -0.39 is 58.5 Å². The van der Waals surface area contributed by atoms with Crippen molar-refractivity contribution >= 4 is 73.5 Å². The van der Waals surface area contributed by atoms with Gasteiger partial charge in [0.15, 0.2) is 0 Å². The number of carbonyl (C=O) groups excluding carboxylic acids is 4. The number of aromatic nitrogens is 2. The van der Waals surface area contributed by atoms with Crippen LogP contribution in [0.5, 0.6) is 0 Å². The third kappa shape index (κ3) is 14.8. The number of rotatable bonds is 6. The Balaban J connectivity index is 0.000000294. The second kappa shape index (κ2) is 18.8. The first-order valence-electron chi connectivity index (χ1n) is 19.5. The van der Waals surface area contributed by atoms with E-state index in [1.54, 1.807) is 107 Å². The van der Waals surface area contributed by atoms with Gasteiger partial charge in [0, 0.05) is 27.6 Å². The van der Waals surface area contributed by atoms with Crippen molar-refractivity contribution in [1.82, 2.24) is 9.13 Å². The maximum Gasteiger partial charge on any atom is 0.419 e. The minimum atomic E-state index is -4.39. The summed E-state index contributed by atoms with van der Waals surface area (Å²) in [5.74, 6) is 0. The van der Waals surface area contributed by atoms with Crippen LogP contribution in [0.15, 0.2) is 77.5 Å². The SMILES string of the molecule is CC(C)(C)OC(=O)Nc1cn(C(=O)OC(C)(C)C)c2ccc(Br)cc12.CC(C)(C)OC(=O)Nc1cn(C(=O)OC(C)(C)C)c2ccc(COCc3ccc(C(F)(F)F)cc3)cc12. The number of anilines is 2. The smallest absolute Gasteiger partial charge is 0.419 e. The number of carbonyl (C=O) groups is 4. The van der Waals surface area contributed by atoms with Gasteiger partial charge in [0.25, 0.3) is 0 Å². The summed E-state index contributed by atoms with van der Waals surface area (Å²) >= 11 is 3.41. The molecule has 0 bridgehead atoms. The Bertz CT molecular complexity index is 2410. The van der Waals surface area contributed by atoms with E-state index in [0.29, 0.717) is 38.7 Å². The first kappa shape index (κ1) is 49.1. The van der Waals surface area contributed by atoms with Crippen LogP contribution in [0.1, 0.15) is 99.8 Å². The number of fused-ring (bicyclic) bond motifs is 2. The molecular weight excluding hydrogens is 877 g/mol. The molecule has 0 aliphatic heterocycles. The predicted octanol–water partition coefficient (Wildman–Crippen LogP) is 13.0. The van der Waals surface area contributed by atoms with Crippen LogP contribution in [-0.4, -0.2) is 55.9 Å². The van der Waals surface area contributed by atoms with E-state index in [4.69, 9.17) is 23.7 Å². The molecule has 13 nitrogen and oxygen atoms in total. The van der Waals surface area contributed by atoms with Gasteiger partial charge in [0.05, 0.1) is 41.2 Å². The highest BCUT2D eigenvalue weighted by molar-refractivity contribution is 9.10. The van der Waals surface area contributed by atoms with Crippen LogP contribution in [0.25, 0.3) is 21.8 Å². The number of nitrogens with zero attached hydrogens (tertiary/aromatic N) is 2. The molecule has 336 valence electrons. The average Bonchev–Trinajstić information content (AvgIpc) is 3.62. The lowest BCUT2D eigenvalue weighted by atomic mass is 10.1. The molecule has 2 amide bonds. The van der Waals surface area contributed by atoms with Crippen LogP contribution in [0.2, 0.25) is 0 Å². The topological polar surface area (TPSA) is 148 Å². The van der Waals surface area contributed by atoms with Crippen LogP contribution >= 0.6 is 15.9 Å². The molecule has 0 aliphatic rings. The molecule has 2 heterocycles. The van der Waals surface area contributed by atoms with Gasteiger partial charge in [-0.1, -0.05) is 34.1 Å². The van der Waals surface area contributed by atoms with E-state index in [0.717, 1.165) is 22.2 Å². The third-order valence-electron chi connectivity index (χ3n) is 7.91. The number of halogens is 4. The maximum absolute atomic E-state index is 12.8. The molecule has 3 aromatic carbocycles. The van der Waals surface area contributed by atoms with Gasteiger partial charge in [-0.25, -0.2) is 19.2 Å². The normalized spacial score (nSPS) is 12.3. The molecule has 0 aliphatic carbocycles. The molecule has 0 saturated heterocycles. The van der Waals surface area contributed by atoms with E-state index in [9.17, 15) is 32.3 Å². The minimum absolute atomic E-state index is 0.109. The molecule has 0 spiro atoms. The highest BCUT2D eigenvalue weighted by Gasteiger charge is 2.30. The van der Waals surface area contributed by atoms with Gasteiger partial charge in [0.2, 0.25) is 0 Å². The second-order valence-electron chi connectivity index (χ2n) is 18.2. The van der Waals surface area contributed by atoms with Crippen molar-refractivity contribution in [2.45, 2.75) is 125 Å². The fourth-order valence-electron chi connectivity index (χ4n) is 5.60. The minimum Gasteiger partial charge on any atom is -0.444 e. The number of alkyl halides is 3. The van der Waals surface area contributed by atoms with E-state index in [1.165, 1.54) is 33.7 Å². The molecule has 0 unspecified atom stereocenters. The standard InChI is InChI=1S/C27H31F3N2O5.C18H23BrN2O4/c1-25(2,3)36-23(33)31-21-14-32(24(34)37-26(4,5)6)22-12-9-18(13-20(21)22)16-35-15-17-7-10-19(11-8-17)27(28,29)30;1-17(2,3)24-15(22)20-13-10-21(16(23)25-18(4,5)6)14-8-7-11(19)9-12(13)14/h7-14H,15-16H2,1-6H3,(H,31,33);7-10H,1-6H3,(H,20,22). The van der Waals surface area contributed by atoms with Crippen LogP contribution in [0, 0.1) is 0 Å². The summed E-state index contributed by atoms with van der Waals surface area (Å²) in [5.41, 5.74) is -0.127. The van der Waals surface area contributed by atoms with Crippen LogP contribution < -0.4 is 10.6 Å². The Morgan fingerprint density at radius 1 is 0.548 bits per heavy atom. The highest BCUT2D eigenvalue weighted by Crippen LogP contribution is 2.32. The Morgan fingerprint density at radius 3 is 1.35 bits per heavy atom. The van der Waals surface area contributed by atoms with Crippen molar-refractivity contribution < 1.29 is 56.0 Å². The second-order valence-corrected chi connectivity index (χ2v) is 19.2. The van der Waals surface area contributed by atoms with Gasteiger partial charge >= 0.3 is 30.5 Å². The zero-order valence-electron chi connectivity index (χ0n) is 36.9. The average molecular weight is 932 g/mol. The van der Waals surface area contributed by atoms with E-state index >= 15 is 0 Å². The van der Waals surface area contributed by atoms with Gasteiger partial charge in [-0.05, 0) is 137 Å². The zero-order chi connectivity index (χ0) is 46.6. The maximum atomic E-state index is 12.8. The lowest BCUT2D eigenvalue weighted by molar-refractivity contribution is -0.137. The van der Waals surface area contributed by atoms with Crippen molar-refractivity contribution in [3.05, 3.63) is 94.2 Å². The molecule has 0 fully saturated rings. The summed E-state index contributed by atoms with van der Waals surface area (Å²) < 4.78 is 69.0. The molecule has 62 heavy (non-hydrogen) atoms. The van der Waals surface area contributed by atoms with Gasteiger partial charge < -0.3 is 23.7 Å². The zero-order valence-corrected chi connectivity index (χ0v) is 38.5. The summed E-state index contributed by atoms with van der Waals surface area (Å²) in [6, 6.07) is 15.4. The van der Waals surface area contributed by atoms with Crippen molar-refractivity contribution in [3.8, 4) is 0 Å². The van der Waals surface area contributed by atoms with Gasteiger partial charge in [-0.3, -0.25) is 19.8 Å². The Morgan fingerprint density at radius 2 is 0.935 bits per heavy atom. The quantitative estimate of drug-likeness (QED) is 0.159. The van der Waals surface area contributed by atoms with Gasteiger partial charge in [0.1, 0.15) is 22.4 Å². The number of ether oxygens (including phenoxy) is 5. The van der Waals surface area contributed by atoms with Crippen LogP contribution in [0.4, 0.5) is 43.7 Å². The van der Waals surface area contributed by atoms with E-state index in [-0.39, 0.29) is 13.2 Å². The van der Waals surface area contributed by atoms with Crippen LogP contribution in [-0.2, 0) is 43.1 Å². The first-order valence-corrected chi connectivity index (χ1v) is 20.3. The summed E-state index contributed by atoms with van der Waals surface area (Å²) in [5, 5.41) is 6.64. The van der Waals surface area contributed by atoms with E-state index in [1.807, 2.05) is 12.1 Å². The largest absolute Gasteiger partial charge is 0.444 e. The number of benzene rings is 3. The van der Waals surface area contributed by atoms with E-state index in [2.05, 4.69) is 26.6 Å². The lowest BCUT2D eigenvalue weighted by Gasteiger charge is -2.20. The Kier molecular flexibility index (Phi) is 14.9. The summed E-state index contributed by atoms with van der Waals surface area (Å²) in [7, 11) is 0. The van der Waals surface area contributed by atoms with Crippen molar-refractivity contribution in [2.75, 3.05) is 10.6 Å². The number of hydrogen-bond acceptors (Lipinski definition) is 9. The van der Waals surface area contributed by atoms with Crippen molar-refractivity contribution in [1.29, 1.82) is 0 Å². The molecular formula is C45H54BrF3N4O9. The van der Waals surface area contributed by atoms with Gasteiger partial charge in [-0.15, -0.1) is 0 Å². The predicted molar refractivity (Wildman–Crippen MR) is 234 cm³/mol. The molecule has 0 radical (unpaired) electrons. The summed E-state index contributed by atoms with van der Waals surface area (Å²) in [4.78, 5) is 49.8. The molecule has 5 aromatic rings. The lowest BCUT2D eigenvalue weighted by Crippen LogP contribution is -2.27. The van der Waals surface area contributed by atoms with Crippen LogP contribution in [0.3, 0.4) is 0 Å². The number of amides is 2. The molecule has 5 rings (SSSR count). The summed E-state index contributed by atoms with van der Waals surface area (Å²) in [6.07, 6.45) is -3.78. The Hall–Kier alpha value is -5.55. The third-order valence-corrected chi connectivity index (χ3v) is 8.40. The Labute approximate surface area is 367 Å². The molecule has 17 heteroatoms. The highest BCUT2D eigenvalue weighted by atomic mass is 79.9. The molecule has 2 aromatic heterocycles. The first-order chi connectivity index (χ1) is 28.4. The fourth-order valence-corrected chi connectivity index (χ4v) is 5.96. The van der Waals surface area contributed by atoms with Crippen molar-refractivity contribution in [3.63, 3.8) is 0 Å². The number of hydrogen-bond donors (Lipinski definition) is 2. The molecule has 2 N–H and O–H groups in total. The van der Waals surface area contributed by atoms with Gasteiger partial charge in [-0.2, -0.15) is 13.2 Å². The monoisotopic (exact) mass is 930 g/mol. The fraction of sp³-hybridized carbons (Fsp3) is 0.422. The number of nitrogens with one attached hydrogen (secondary N) is 2.